The number of aliphatic imine (C=N–C) groups is 1. The number of ether oxygens (including phenoxy) is 1. The van der Waals surface area contributed by atoms with Crippen LogP contribution >= 0.6 is 24.0 Å². The van der Waals surface area contributed by atoms with E-state index in [0.29, 0.717) is 19.1 Å². The van der Waals surface area contributed by atoms with Crippen molar-refractivity contribution in [3.05, 3.63) is 34.9 Å². The van der Waals surface area contributed by atoms with Gasteiger partial charge in [-0.05, 0) is 31.9 Å². The molecule has 0 bridgehead atoms. The van der Waals surface area contributed by atoms with Crippen LogP contribution in [0, 0.1) is 13.8 Å². The number of benzene rings is 1. The van der Waals surface area contributed by atoms with Gasteiger partial charge in [0.2, 0.25) is 0 Å². The van der Waals surface area contributed by atoms with E-state index in [1.54, 1.807) is 7.11 Å². The number of aryl methyl sites for hydroxylation is 2. The highest BCUT2D eigenvalue weighted by Crippen LogP contribution is 2.11. The molecule has 1 aromatic rings. The lowest BCUT2D eigenvalue weighted by Gasteiger charge is -2.13. The third-order valence-corrected chi connectivity index (χ3v) is 2.73. The molecule has 19 heavy (non-hydrogen) atoms. The van der Waals surface area contributed by atoms with E-state index >= 15 is 0 Å². The van der Waals surface area contributed by atoms with Crippen LogP contribution in [0.2, 0.25) is 0 Å². The molecule has 0 saturated heterocycles. The number of halogens is 1. The van der Waals surface area contributed by atoms with Crippen LogP contribution in [0.15, 0.2) is 23.2 Å². The largest absolute Gasteiger partial charge is 0.383 e. The van der Waals surface area contributed by atoms with Gasteiger partial charge in [0, 0.05) is 13.2 Å². The van der Waals surface area contributed by atoms with Crippen LogP contribution in [0.25, 0.3) is 0 Å². The predicted octanol–water partition coefficient (Wildman–Crippen LogP) is 2.36. The van der Waals surface area contributed by atoms with Crippen molar-refractivity contribution in [3.63, 3.8) is 0 Å². The van der Waals surface area contributed by atoms with Crippen molar-refractivity contribution >= 4 is 29.9 Å². The molecule has 5 heteroatoms. The van der Waals surface area contributed by atoms with Crippen LogP contribution in [0.3, 0.4) is 0 Å². The van der Waals surface area contributed by atoms with E-state index in [4.69, 9.17) is 10.5 Å². The van der Waals surface area contributed by atoms with Crippen molar-refractivity contribution in [1.29, 1.82) is 0 Å². The Balaban J connectivity index is 0.00000324. The lowest BCUT2D eigenvalue weighted by atomic mass is 10.1. The molecule has 0 heterocycles. The average molecular weight is 377 g/mol. The zero-order valence-electron chi connectivity index (χ0n) is 12.1. The SMILES string of the molecule is COCC(C)NC(N)=NCc1ccc(C)cc1C.I. The number of guanidine groups is 1. The Bertz CT molecular complexity index is 421. The summed E-state index contributed by atoms with van der Waals surface area (Å²) in [5.41, 5.74) is 9.53. The van der Waals surface area contributed by atoms with Crippen LogP contribution < -0.4 is 11.1 Å². The summed E-state index contributed by atoms with van der Waals surface area (Å²) in [4.78, 5) is 4.33. The van der Waals surface area contributed by atoms with Crippen molar-refractivity contribution in [2.24, 2.45) is 10.7 Å². The molecule has 0 amide bonds. The van der Waals surface area contributed by atoms with Crippen molar-refractivity contribution < 1.29 is 4.74 Å². The number of rotatable bonds is 5. The molecule has 0 aliphatic rings. The van der Waals surface area contributed by atoms with Gasteiger partial charge in [0.15, 0.2) is 5.96 Å². The summed E-state index contributed by atoms with van der Waals surface area (Å²) < 4.78 is 5.03. The summed E-state index contributed by atoms with van der Waals surface area (Å²) in [5.74, 6) is 0.458. The Hall–Kier alpha value is -0.820. The molecule has 0 spiro atoms. The normalized spacial score (nSPS) is 12.7. The van der Waals surface area contributed by atoms with Gasteiger partial charge in [-0.25, -0.2) is 4.99 Å². The Kier molecular flexibility index (Phi) is 8.75. The van der Waals surface area contributed by atoms with E-state index < -0.39 is 0 Å². The van der Waals surface area contributed by atoms with Crippen LogP contribution in [0.4, 0.5) is 0 Å². The highest BCUT2D eigenvalue weighted by atomic mass is 127. The van der Waals surface area contributed by atoms with Crippen molar-refractivity contribution in [3.8, 4) is 0 Å². The molecule has 4 nitrogen and oxygen atoms in total. The molecule has 0 radical (unpaired) electrons. The van der Waals surface area contributed by atoms with Gasteiger partial charge in [-0.1, -0.05) is 23.8 Å². The molecule has 0 saturated carbocycles. The van der Waals surface area contributed by atoms with Gasteiger partial charge in [-0.15, -0.1) is 24.0 Å². The average Bonchev–Trinajstić information content (AvgIpc) is 2.28. The lowest BCUT2D eigenvalue weighted by molar-refractivity contribution is 0.179. The van der Waals surface area contributed by atoms with Gasteiger partial charge in [-0.2, -0.15) is 0 Å². The zero-order chi connectivity index (χ0) is 13.5. The van der Waals surface area contributed by atoms with Gasteiger partial charge < -0.3 is 15.8 Å². The molecular formula is C14H24IN3O. The number of nitrogens with one attached hydrogen (secondary N) is 1. The summed E-state index contributed by atoms with van der Waals surface area (Å²) in [5, 5.41) is 3.08. The first-order chi connectivity index (χ1) is 8.52. The molecule has 1 unspecified atom stereocenters. The molecule has 3 N–H and O–H groups in total. The van der Waals surface area contributed by atoms with Crippen LogP contribution in [0.1, 0.15) is 23.6 Å². The standard InChI is InChI=1S/C14H23N3O.HI/c1-10-5-6-13(11(2)7-10)8-16-14(15)17-12(3)9-18-4;/h5-7,12H,8-9H2,1-4H3,(H3,15,16,17);1H. The summed E-state index contributed by atoms with van der Waals surface area (Å²) in [6.45, 7) is 7.39. The fourth-order valence-corrected chi connectivity index (χ4v) is 1.78. The minimum Gasteiger partial charge on any atom is -0.383 e. The second kappa shape index (κ2) is 9.14. The minimum absolute atomic E-state index is 0. The lowest BCUT2D eigenvalue weighted by Crippen LogP contribution is -2.40. The molecule has 1 atom stereocenters. The smallest absolute Gasteiger partial charge is 0.189 e. The van der Waals surface area contributed by atoms with Crippen molar-refractivity contribution in [2.45, 2.75) is 33.4 Å². The second-order valence-corrected chi connectivity index (χ2v) is 4.63. The molecule has 0 fully saturated rings. The topological polar surface area (TPSA) is 59.6 Å². The summed E-state index contributed by atoms with van der Waals surface area (Å²) in [6, 6.07) is 6.51. The number of hydrogen-bond acceptors (Lipinski definition) is 2. The van der Waals surface area contributed by atoms with E-state index in [9.17, 15) is 0 Å². The van der Waals surface area contributed by atoms with Gasteiger partial charge >= 0.3 is 0 Å². The molecule has 1 rings (SSSR count). The maximum atomic E-state index is 5.82. The first kappa shape index (κ1) is 18.2. The maximum Gasteiger partial charge on any atom is 0.189 e. The molecule has 1 aromatic carbocycles. The van der Waals surface area contributed by atoms with E-state index in [2.05, 4.69) is 42.4 Å². The van der Waals surface area contributed by atoms with Crippen LogP contribution in [-0.4, -0.2) is 25.7 Å². The number of nitrogens with zero attached hydrogens (tertiary/aromatic N) is 1. The number of hydrogen-bond donors (Lipinski definition) is 2. The number of methoxy groups -OCH3 is 1. The first-order valence-electron chi connectivity index (χ1n) is 6.14. The second-order valence-electron chi connectivity index (χ2n) is 4.63. The summed E-state index contributed by atoms with van der Waals surface area (Å²) in [6.07, 6.45) is 0. The van der Waals surface area contributed by atoms with Gasteiger partial charge in [-0.3, -0.25) is 0 Å². The highest BCUT2D eigenvalue weighted by Gasteiger charge is 2.02. The molecular weight excluding hydrogens is 353 g/mol. The summed E-state index contributed by atoms with van der Waals surface area (Å²) in [7, 11) is 1.67. The van der Waals surface area contributed by atoms with E-state index in [1.165, 1.54) is 16.7 Å². The monoisotopic (exact) mass is 377 g/mol. The Morgan fingerprint density at radius 3 is 2.68 bits per heavy atom. The predicted molar refractivity (Wildman–Crippen MR) is 91.1 cm³/mol. The van der Waals surface area contributed by atoms with E-state index in [0.717, 1.165) is 0 Å². The maximum absolute atomic E-state index is 5.82. The third-order valence-electron chi connectivity index (χ3n) is 2.73. The molecule has 0 aromatic heterocycles. The molecule has 0 aliphatic heterocycles. The van der Waals surface area contributed by atoms with Crippen molar-refractivity contribution in [1.82, 2.24) is 5.32 Å². The Morgan fingerprint density at radius 2 is 2.11 bits per heavy atom. The molecule has 108 valence electrons. The minimum atomic E-state index is 0. The van der Waals surface area contributed by atoms with E-state index in [1.807, 2.05) is 6.92 Å². The van der Waals surface area contributed by atoms with Gasteiger partial charge in [0.25, 0.3) is 0 Å². The van der Waals surface area contributed by atoms with Crippen LogP contribution in [-0.2, 0) is 11.3 Å². The van der Waals surface area contributed by atoms with Gasteiger partial charge in [0.1, 0.15) is 0 Å². The number of nitrogens with two attached hydrogens (primary N) is 1. The third kappa shape index (κ3) is 6.77. The highest BCUT2D eigenvalue weighted by molar-refractivity contribution is 14.0. The molecule has 0 aliphatic carbocycles. The quantitative estimate of drug-likeness (QED) is 0.471. The Morgan fingerprint density at radius 1 is 1.42 bits per heavy atom. The fraction of sp³-hybridized carbons (Fsp3) is 0.500. The van der Waals surface area contributed by atoms with Crippen LogP contribution in [0.5, 0.6) is 0 Å². The zero-order valence-corrected chi connectivity index (χ0v) is 14.4. The summed E-state index contributed by atoms with van der Waals surface area (Å²) >= 11 is 0. The van der Waals surface area contributed by atoms with Crippen molar-refractivity contribution in [2.75, 3.05) is 13.7 Å². The van der Waals surface area contributed by atoms with Gasteiger partial charge in [0.05, 0.1) is 13.2 Å². The van der Waals surface area contributed by atoms with E-state index in [-0.39, 0.29) is 30.0 Å². The Labute approximate surface area is 132 Å². The first-order valence-corrected chi connectivity index (χ1v) is 6.14. The fourth-order valence-electron chi connectivity index (χ4n) is 1.78.